The van der Waals surface area contributed by atoms with Crippen LogP contribution in [-0.2, 0) is 17.9 Å². The van der Waals surface area contributed by atoms with Crippen LogP contribution in [0.4, 0.5) is 10.8 Å². The molecule has 1 aromatic carbocycles. The Morgan fingerprint density at radius 3 is 2.41 bits per heavy atom. The van der Waals surface area contributed by atoms with Crippen LogP contribution in [-0.4, -0.2) is 33.1 Å². The van der Waals surface area contributed by atoms with Gasteiger partial charge in [0.2, 0.25) is 5.91 Å². The van der Waals surface area contributed by atoms with E-state index >= 15 is 0 Å². The smallest absolute Gasteiger partial charge is 0.333 e. The van der Waals surface area contributed by atoms with Crippen molar-refractivity contribution in [2.75, 3.05) is 23.3 Å². The van der Waals surface area contributed by atoms with Gasteiger partial charge in [0.05, 0.1) is 0 Å². The molecular weight excluding hydrogens is 426 g/mol. The number of hydrogen-bond acceptors (Lipinski definition) is 6. The van der Waals surface area contributed by atoms with Crippen molar-refractivity contribution < 1.29 is 4.79 Å². The van der Waals surface area contributed by atoms with Crippen LogP contribution in [0.1, 0.15) is 39.2 Å². The van der Waals surface area contributed by atoms with Gasteiger partial charge < -0.3 is 10.2 Å². The van der Waals surface area contributed by atoms with Crippen molar-refractivity contribution in [2.45, 2.75) is 46.7 Å². The second-order valence-corrected chi connectivity index (χ2v) is 8.70. The Morgan fingerprint density at radius 2 is 1.84 bits per heavy atom. The number of hydrogen-bond donors (Lipinski definition) is 1. The lowest BCUT2D eigenvalue weighted by atomic mass is 10.0. The van der Waals surface area contributed by atoms with Gasteiger partial charge >= 0.3 is 5.69 Å². The molecule has 0 bridgehead atoms. The number of thiazole rings is 1. The van der Waals surface area contributed by atoms with Gasteiger partial charge in [0.1, 0.15) is 11.2 Å². The molecule has 0 radical (unpaired) electrons. The third-order valence-corrected chi connectivity index (χ3v) is 6.36. The molecule has 1 amide bonds. The SMILES string of the molecule is C=CCn1c(=O)c2sc(N(CC)CC)nc2n(CC(=O)Nc2ccc(C(C)C)cc2)c1=O. The highest BCUT2D eigenvalue weighted by molar-refractivity contribution is 7.22. The molecule has 3 rings (SSSR count). The molecule has 0 unspecified atom stereocenters. The number of nitrogens with zero attached hydrogens (tertiary/aromatic N) is 4. The van der Waals surface area contributed by atoms with Crippen molar-refractivity contribution in [1.82, 2.24) is 14.1 Å². The first-order valence-electron chi connectivity index (χ1n) is 10.7. The number of aromatic nitrogens is 3. The first kappa shape index (κ1) is 23.5. The van der Waals surface area contributed by atoms with Gasteiger partial charge in [0.15, 0.2) is 10.8 Å². The number of nitrogens with one attached hydrogen (secondary N) is 1. The molecule has 2 aromatic heterocycles. The van der Waals surface area contributed by atoms with Crippen LogP contribution in [0, 0.1) is 0 Å². The quantitative estimate of drug-likeness (QED) is 0.500. The lowest BCUT2D eigenvalue weighted by Crippen LogP contribution is -2.41. The Hall–Kier alpha value is -3.20. The zero-order chi connectivity index (χ0) is 23.4. The van der Waals surface area contributed by atoms with E-state index in [4.69, 9.17) is 0 Å². The molecule has 0 saturated carbocycles. The summed E-state index contributed by atoms with van der Waals surface area (Å²) in [5.41, 5.74) is 1.05. The number of rotatable bonds is 9. The van der Waals surface area contributed by atoms with Crippen molar-refractivity contribution >= 4 is 38.4 Å². The van der Waals surface area contributed by atoms with Crippen molar-refractivity contribution in [1.29, 1.82) is 0 Å². The Morgan fingerprint density at radius 1 is 1.19 bits per heavy atom. The van der Waals surface area contributed by atoms with E-state index in [0.29, 0.717) is 34.5 Å². The van der Waals surface area contributed by atoms with Crippen LogP contribution in [0.2, 0.25) is 0 Å². The predicted octanol–water partition coefficient (Wildman–Crippen LogP) is 3.41. The standard InChI is InChI=1S/C23H29N5O3S/c1-6-13-27-21(30)19-20(25-22(32-19)26(7-2)8-3)28(23(27)31)14-18(29)24-17-11-9-16(10-12-17)15(4)5/h6,9-12,15H,1,7-8,13-14H2,2-5H3,(H,24,29). The van der Waals surface area contributed by atoms with Crippen molar-refractivity contribution in [3.63, 3.8) is 0 Å². The topological polar surface area (TPSA) is 89.2 Å². The van der Waals surface area contributed by atoms with E-state index in [2.05, 4.69) is 30.7 Å². The number of carbonyl (C=O) groups excluding carboxylic acids is 1. The highest BCUT2D eigenvalue weighted by atomic mass is 32.1. The van der Waals surface area contributed by atoms with Crippen LogP contribution in [0.5, 0.6) is 0 Å². The molecule has 0 aliphatic carbocycles. The molecule has 0 saturated heterocycles. The molecule has 2 heterocycles. The largest absolute Gasteiger partial charge is 0.349 e. The third kappa shape index (κ3) is 4.67. The zero-order valence-corrected chi connectivity index (χ0v) is 19.7. The number of benzene rings is 1. The molecule has 0 fully saturated rings. The molecule has 0 aliphatic rings. The second kappa shape index (κ2) is 9.95. The minimum absolute atomic E-state index is 0.0599. The Bertz CT molecular complexity index is 1230. The molecule has 3 aromatic rings. The van der Waals surface area contributed by atoms with Gasteiger partial charge in [-0.05, 0) is 37.5 Å². The van der Waals surface area contributed by atoms with Crippen molar-refractivity contribution in [2.24, 2.45) is 0 Å². The Kier molecular flexibility index (Phi) is 7.29. The summed E-state index contributed by atoms with van der Waals surface area (Å²) in [5.74, 6) is 0.0223. The highest BCUT2D eigenvalue weighted by Crippen LogP contribution is 2.26. The summed E-state index contributed by atoms with van der Waals surface area (Å²) in [6.45, 7) is 13.1. The normalized spacial score (nSPS) is 11.2. The van der Waals surface area contributed by atoms with Crippen LogP contribution in [0.15, 0.2) is 46.5 Å². The van der Waals surface area contributed by atoms with E-state index in [1.165, 1.54) is 27.5 Å². The number of anilines is 2. The zero-order valence-electron chi connectivity index (χ0n) is 18.9. The van der Waals surface area contributed by atoms with E-state index in [1.807, 2.05) is 43.0 Å². The minimum Gasteiger partial charge on any atom is -0.349 e. The Balaban J connectivity index is 2.01. The molecule has 9 heteroatoms. The van der Waals surface area contributed by atoms with Crippen molar-refractivity contribution in [3.05, 3.63) is 63.3 Å². The maximum atomic E-state index is 13.1. The number of amides is 1. The first-order valence-corrected chi connectivity index (χ1v) is 11.5. The lowest BCUT2D eigenvalue weighted by Gasteiger charge is -2.16. The maximum Gasteiger partial charge on any atom is 0.333 e. The molecule has 8 nitrogen and oxygen atoms in total. The summed E-state index contributed by atoms with van der Waals surface area (Å²) >= 11 is 1.24. The van der Waals surface area contributed by atoms with Crippen LogP contribution < -0.4 is 21.5 Å². The fraction of sp³-hybridized carbons (Fsp3) is 0.391. The van der Waals surface area contributed by atoms with Gasteiger partial charge in [-0.3, -0.25) is 18.7 Å². The van der Waals surface area contributed by atoms with E-state index in [-0.39, 0.29) is 24.6 Å². The number of carbonyl (C=O) groups is 1. The van der Waals surface area contributed by atoms with E-state index in [9.17, 15) is 14.4 Å². The average Bonchev–Trinajstić information content (AvgIpc) is 3.21. The predicted molar refractivity (Wildman–Crippen MR) is 131 cm³/mol. The molecular formula is C23H29N5O3S. The first-order chi connectivity index (χ1) is 15.3. The van der Waals surface area contributed by atoms with Crippen LogP contribution >= 0.6 is 11.3 Å². The lowest BCUT2D eigenvalue weighted by molar-refractivity contribution is -0.116. The van der Waals surface area contributed by atoms with E-state index < -0.39 is 11.2 Å². The number of fused-ring (bicyclic) bond motifs is 1. The average molecular weight is 456 g/mol. The molecule has 32 heavy (non-hydrogen) atoms. The summed E-state index contributed by atoms with van der Waals surface area (Å²) in [6, 6.07) is 7.61. The number of allylic oxidation sites excluding steroid dienone is 1. The van der Waals surface area contributed by atoms with Gasteiger partial charge in [-0.2, -0.15) is 0 Å². The third-order valence-electron chi connectivity index (χ3n) is 5.26. The second-order valence-electron chi connectivity index (χ2n) is 7.72. The van der Waals surface area contributed by atoms with Crippen molar-refractivity contribution in [3.8, 4) is 0 Å². The molecule has 0 spiro atoms. The van der Waals surface area contributed by atoms with Gasteiger partial charge in [0, 0.05) is 25.3 Å². The maximum absolute atomic E-state index is 13.1. The van der Waals surface area contributed by atoms with E-state index in [1.54, 1.807) is 0 Å². The molecule has 170 valence electrons. The van der Waals surface area contributed by atoms with Crippen LogP contribution in [0.3, 0.4) is 0 Å². The summed E-state index contributed by atoms with van der Waals surface area (Å²) < 4.78 is 2.70. The summed E-state index contributed by atoms with van der Waals surface area (Å²) in [7, 11) is 0. The van der Waals surface area contributed by atoms with Crippen LogP contribution in [0.25, 0.3) is 10.3 Å². The fourth-order valence-electron chi connectivity index (χ4n) is 3.43. The van der Waals surface area contributed by atoms with E-state index in [0.717, 1.165) is 4.57 Å². The highest BCUT2D eigenvalue weighted by Gasteiger charge is 2.20. The minimum atomic E-state index is -0.580. The Labute approximate surface area is 190 Å². The summed E-state index contributed by atoms with van der Waals surface area (Å²) in [6.07, 6.45) is 1.49. The fourth-order valence-corrected chi connectivity index (χ4v) is 4.57. The van der Waals surface area contributed by atoms with Gasteiger partial charge in [-0.1, -0.05) is 43.4 Å². The molecule has 1 N–H and O–H groups in total. The monoisotopic (exact) mass is 455 g/mol. The van der Waals surface area contributed by atoms with Gasteiger partial charge in [-0.15, -0.1) is 6.58 Å². The van der Waals surface area contributed by atoms with Gasteiger partial charge in [-0.25, -0.2) is 9.78 Å². The van der Waals surface area contributed by atoms with Gasteiger partial charge in [0.25, 0.3) is 5.56 Å². The molecule has 0 aliphatic heterocycles. The molecule has 0 atom stereocenters. The summed E-state index contributed by atoms with van der Waals surface area (Å²) in [5, 5.41) is 3.47. The summed E-state index contributed by atoms with van der Waals surface area (Å²) in [4.78, 5) is 45.3.